The highest BCUT2D eigenvalue weighted by atomic mass is 32.2. The molecular weight excluding hydrogens is 253 g/mol. The summed E-state index contributed by atoms with van der Waals surface area (Å²) in [4.78, 5) is 0. The van der Waals surface area contributed by atoms with Crippen molar-refractivity contribution in [3.05, 3.63) is 0 Å². The van der Waals surface area contributed by atoms with Crippen LogP contribution in [0.25, 0.3) is 0 Å². The van der Waals surface area contributed by atoms with Crippen molar-refractivity contribution in [1.82, 2.24) is 0 Å². The van der Waals surface area contributed by atoms with Crippen LogP contribution >= 0.6 is 11.8 Å². The molecule has 0 aliphatic rings. The summed E-state index contributed by atoms with van der Waals surface area (Å²) in [5, 5.41) is 0. The largest absolute Gasteiger partial charge is 0.414 e. The molecule has 2 nitrogen and oxygen atoms in total. The highest BCUT2D eigenvalue weighted by molar-refractivity contribution is 7.98. The number of alkyl halides is 3. The molecule has 0 aromatic carbocycles. The molecular formula is C11H21F3O2S. The van der Waals surface area contributed by atoms with E-state index in [9.17, 15) is 13.2 Å². The molecule has 0 bridgehead atoms. The monoisotopic (exact) mass is 274 g/mol. The van der Waals surface area contributed by atoms with Gasteiger partial charge in [0.1, 0.15) is 0 Å². The van der Waals surface area contributed by atoms with Crippen molar-refractivity contribution < 1.29 is 22.6 Å². The highest BCUT2D eigenvalue weighted by Crippen LogP contribution is 2.27. The summed E-state index contributed by atoms with van der Waals surface area (Å²) in [5.41, 5.74) is 0. The number of hydrogen-bond donors (Lipinski definition) is 0. The van der Waals surface area contributed by atoms with Crippen LogP contribution in [0.2, 0.25) is 0 Å². The second-order valence-electron chi connectivity index (χ2n) is 3.65. The van der Waals surface area contributed by atoms with Crippen LogP contribution in [0.15, 0.2) is 0 Å². The molecule has 1 atom stereocenters. The maximum atomic E-state index is 12.5. The third kappa shape index (κ3) is 9.73. The fourth-order valence-corrected chi connectivity index (χ4v) is 1.65. The standard InChI is InChI=1S/C11H21F3O2S/c1-3-15-8-6-4-5-7-10(11(12,13)14)16-9-17-2/h10H,3-9H2,1-2H3. The van der Waals surface area contributed by atoms with Crippen molar-refractivity contribution in [3.8, 4) is 0 Å². The smallest absolute Gasteiger partial charge is 0.382 e. The third-order valence-electron chi connectivity index (χ3n) is 2.21. The van der Waals surface area contributed by atoms with Gasteiger partial charge in [0.15, 0.2) is 6.10 Å². The Morgan fingerprint density at radius 3 is 2.41 bits per heavy atom. The number of hydrogen-bond acceptors (Lipinski definition) is 3. The van der Waals surface area contributed by atoms with Gasteiger partial charge in [-0.1, -0.05) is 12.8 Å². The van der Waals surface area contributed by atoms with Gasteiger partial charge in [-0.25, -0.2) is 0 Å². The van der Waals surface area contributed by atoms with E-state index >= 15 is 0 Å². The van der Waals surface area contributed by atoms with E-state index in [4.69, 9.17) is 9.47 Å². The molecule has 104 valence electrons. The predicted octanol–water partition coefficient (Wildman–Crippen LogP) is 3.85. The predicted molar refractivity (Wildman–Crippen MR) is 64.3 cm³/mol. The van der Waals surface area contributed by atoms with Gasteiger partial charge in [-0.05, 0) is 26.0 Å². The van der Waals surface area contributed by atoms with Gasteiger partial charge in [-0.15, -0.1) is 11.8 Å². The van der Waals surface area contributed by atoms with E-state index in [-0.39, 0.29) is 12.4 Å². The maximum Gasteiger partial charge on any atom is 0.414 e. The lowest BCUT2D eigenvalue weighted by Gasteiger charge is -2.20. The van der Waals surface area contributed by atoms with Crippen LogP contribution in [0.5, 0.6) is 0 Å². The van der Waals surface area contributed by atoms with Gasteiger partial charge in [0.25, 0.3) is 0 Å². The average Bonchev–Trinajstić information content (AvgIpc) is 2.25. The molecule has 6 heteroatoms. The molecule has 0 radical (unpaired) electrons. The van der Waals surface area contributed by atoms with Crippen LogP contribution in [0.1, 0.15) is 32.6 Å². The summed E-state index contributed by atoms with van der Waals surface area (Å²) in [6.07, 6.45) is -2.05. The summed E-state index contributed by atoms with van der Waals surface area (Å²) < 4.78 is 47.4. The minimum Gasteiger partial charge on any atom is -0.382 e. The van der Waals surface area contributed by atoms with Crippen molar-refractivity contribution >= 4 is 11.8 Å². The summed E-state index contributed by atoms with van der Waals surface area (Å²) in [6, 6.07) is 0. The van der Waals surface area contributed by atoms with Crippen LogP contribution in [0.4, 0.5) is 13.2 Å². The van der Waals surface area contributed by atoms with Crippen molar-refractivity contribution in [2.45, 2.75) is 44.9 Å². The van der Waals surface area contributed by atoms with E-state index in [1.165, 1.54) is 11.8 Å². The van der Waals surface area contributed by atoms with Crippen LogP contribution in [0.3, 0.4) is 0 Å². The number of thioether (sulfide) groups is 1. The van der Waals surface area contributed by atoms with E-state index in [2.05, 4.69) is 0 Å². The van der Waals surface area contributed by atoms with Crippen molar-refractivity contribution in [3.63, 3.8) is 0 Å². The summed E-state index contributed by atoms with van der Waals surface area (Å²) >= 11 is 1.25. The van der Waals surface area contributed by atoms with Crippen LogP contribution in [-0.2, 0) is 9.47 Å². The van der Waals surface area contributed by atoms with Gasteiger partial charge in [0, 0.05) is 13.2 Å². The lowest BCUT2D eigenvalue weighted by Crippen LogP contribution is -2.31. The number of ether oxygens (including phenoxy) is 2. The van der Waals surface area contributed by atoms with E-state index in [0.29, 0.717) is 19.6 Å². The quantitative estimate of drug-likeness (QED) is 0.445. The Labute approximate surface area is 105 Å². The summed E-state index contributed by atoms with van der Waals surface area (Å²) in [7, 11) is 0. The first-order valence-corrected chi connectivity index (χ1v) is 7.16. The molecule has 0 saturated heterocycles. The molecule has 0 rings (SSSR count). The molecule has 1 unspecified atom stereocenters. The first-order valence-electron chi connectivity index (χ1n) is 5.77. The molecule has 0 aromatic heterocycles. The SMILES string of the molecule is CCOCCCCCC(OCSC)C(F)(F)F. The zero-order valence-electron chi connectivity index (χ0n) is 10.4. The Balaban J connectivity index is 3.69. The topological polar surface area (TPSA) is 18.5 Å². The normalized spacial score (nSPS) is 13.9. The van der Waals surface area contributed by atoms with Gasteiger partial charge in [0.2, 0.25) is 0 Å². The van der Waals surface area contributed by atoms with Crippen molar-refractivity contribution in [2.75, 3.05) is 25.4 Å². The van der Waals surface area contributed by atoms with Gasteiger partial charge in [0.05, 0.1) is 5.94 Å². The van der Waals surface area contributed by atoms with E-state index in [0.717, 1.165) is 12.8 Å². The lowest BCUT2D eigenvalue weighted by atomic mass is 10.1. The van der Waals surface area contributed by atoms with Gasteiger partial charge >= 0.3 is 6.18 Å². The minimum absolute atomic E-state index is 0.0379. The Hall–Kier alpha value is 0.0600. The Morgan fingerprint density at radius 1 is 1.18 bits per heavy atom. The molecule has 0 aromatic rings. The zero-order chi connectivity index (χ0) is 13.1. The minimum atomic E-state index is -4.25. The summed E-state index contributed by atoms with van der Waals surface area (Å²) in [5.74, 6) is 0.0864. The van der Waals surface area contributed by atoms with E-state index in [1.54, 1.807) is 6.26 Å². The maximum absolute atomic E-state index is 12.5. The van der Waals surface area contributed by atoms with Gasteiger partial charge < -0.3 is 9.47 Å². The molecule has 0 amide bonds. The van der Waals surface area contributed by atoms with Crippen LogP contribution < -0.4 is 0 Å². The first kappa shape index (κ1) is 17.1. The highest BCUT2D eigenvalue weighted by Gasteiger charge is 2.39. The molecule has 0 heterocycles. The van der Waals surface area contributed by atoms with E-state index in [1.807, 2.05) is 6.92 Å². The number of rotatable bonds is 10. The van der Waals surface area contributed by atoms with Crippen molar-refractivity contribution in [1.29, 1.82) is 0 Å². The molecule has 0 saturated carbocycles. The average molecular weight is 274 g/mol. The molecule has 0 fully saturated rings. The van der Waals surface area contributed by atoms with Crippen LogP contribution in [-0.4, -0.2) is 37.7 Å². The first-order chi connectivity index (χ1) is 8.02. The Kier molecular flexibility index (Phi) is 10.1. The Bertz CT molecular complexity index is 177. The second-order valence-corrected chi connectivity index (χ2v) is 4.46. The zero-order valence-corrected chi connectivity index (χ0v) is 11.2. The van der Waals surface area contributed by atoms with E-state index < -0.39 is 12.3 Å². The fourth-order valence-electron chi connectivity index (χ4n) is 1.35. The van der Waals surface area contributed by atoms with Crippen molar-refractivity contribution in [2.24, 2.45) is 0 Å². The lowest BCUT2D eigenvalue weighted by molar-refractivity contribution is -0.216. The molecule has 0 aliphatic carbocycles. The number of unbranched alkanes of at least 4 members (excludes halogenated alkanes) is 2. The van der Waals surface area contributed by atoms with Gasteiger partial charge in [-0.2, -0.15) is 13.2 Å². The molecule has 0 aliphatic heterocycles. The molecule has 17 heavy (non-hydrogen) atoms. The second kappa shape index (κ2) is 10.0. The third-order valence-corrected chi connectivity index (χ3v) is 2.58. The fraction of sp³-hybridized carbons (Fsp3) is 1.00. The molecule has 0 N–H and O–H groups in total. The summed E-state index contributed by atoms with van der Waals surface area (Å²) in [6.45, 7) is 3.18. The van der Waals surface area contributed by atoms with Gasteiger partial charge in [-0.3, -0.25) is 0 Å². The van der Waals surface area contributed by atoms with Crippen LogP contribution in [0, 0.1) is 0 Å². The Morgan fingerprint density at radius 2 is 1.88 bits per heavy atom. The molecule has 0 spiro atoms. The number of halogens is 3.